The first-order chi connectivity index (χ1) is 16.8. The minimum Gasteiger partial charge on any atom is -0.491 e. The van der Waals surface area contributed by atoms with Crippen LogP contribution in [0.4, 0.5) is 26.3 Å². The third-order valence-corrected chi connectivity index (χ3v) is 6.36. The number of nitrogens with zero attached hydrogens (tertiary/aromatic N) is 4. The molecule has 0 bridgehead atoms. The average molecular weight is 512 g/mol. The topological polar surface area (TPSA) is 69.4 Å². The van der Waals surface area contributed by atoms with Gasteiger partial charge in [0, 0.05) is 24.3 Å². The zero-order valence-electron chi connectivity index (χ0n) is 18.8. The minimum absolute atomic E-state index is 0.0325. The summed E-state index contributed by atoms with van der Waals surface area (Å²) in [6.45, 7) is 2.81. The molecule has 2 atom stereocenters. The lowest BCUT2D eigenvalue weighted by Gasteiger charge is -2.39. The van der Waals surface area contributed by atoms with Gasteiger partial charge in [0.05, 0.1) is 29.2 Å². The summed E-state index contributed by atoms with van der Waals surface area (Å²) in [6.07, 6.45) is -7.06. The second-order valence-corrected chi connectivity index (χ2v) is 8.76. The highest BCUT2D eigenvalue weighted by atomic mass is 19.4. The van der Waals surface area contributed by atoms with Gasteiger partial charge < -0.3 is 18.8 Å². The largest absolute Gasteiger partial charge is 0.491 e. The van der Waals surface area contributed by atoms with E-state index in [0.29, 0.717) is 11.8 Å². The van der Waals surface area contributed by atoms with Gasteiger partial charge >= 0.3 is 12.4 Å². The Morgan fingerprint density at radius 2 is 1.78 bits per heavy atom. The fourth-order valence-corrected chi connectivity index (χ4v) is 4.78. The molecule has 4 heterocycles. The molecule has 7 nitrogen and oxygen atoms in total. The molecule has 5 rings (SSSR count). The number of benzene rings is 1. The summed E-state index contributed by atoms with van der Waals surface area (Å²) in [5, 5.41) is 0. The van der Waals surface area contributed by atoms with Crippen molar-refractivity contribution >= 4 is 5.91 Å². The van der Waals surface area contributed by atoms with E-state index >= 15 is 0 Å². The lowest BCUT2D eigenvalue weighted by molar-refractivity contribution is -0.143. The van der Waals surface area contributed by atoms with Crippen LogP contribution in [0.1, 0.15) is 45.8 Å². The summed E-state index contributed by atoms with van der Waals surface area (Å²) in [4.78, 5) is 31.8. The van der Waals surface area contributed by atoms with E-state index in [9.17, 15) is 35.9 Å². The number of aromatic nitrogens is 3. The fourth-order valence-electron chi connectivity index (χ4n) is 4.78. The van der Waals surface area contributed by atoms with E-state index in [2.05, 4.69) is 4.98 Å². The van der Waals surface area contributed by atoms with Crippen LogP contribution in [0.2, 0.25) is 0 Å². The summed E-state index contributed by atoms with van der Waals surface area (Å²) >= 11 is 0. The molecule has 2 unspecified atom stereocenters. The molecule has 3 aromatic rings. The highest BCUT2D eigenvalue weighted by molar-refractivity contribution is 5.94. The van der Waals surface area contributed by atoms with Gasteiger partial charge in [-0.15, -0.1) is 0 Å². The summed E-state index contributed by atoms with van der Waals surface area (Å²) in [5.41, 5.74) is -3.17. The van der Waals surface area contributed by atoms with Crippen LogP contribution < -0.4 is 10.3 Å². The number of carbonyl (C=O) groups excluding carboxylic acids is 1. The Kier molecular flexibility index (Phi) is 5.23. The summed E-state index contributed by atoms with van der Waals surface area (Å²) < 4.78 is 89.3. The number of fused-ring (bicyclic) bond motifs is 2. The van der Waals surface area contributed by atoms with Crippen molar-refractivity contribution in [2.45, 2.75) is 44.8 Å². The maximum absolute atomic E-state index is 13.9. The fraction of sp³-hybridized carbons (Fsp3) is 0.348. The molecule has 2 aromatic heterocycles. The Balaban J connectivity index is 1.59. The number of alkyl halides is 6. The van der Waals surface area contributed by atoms with E-state index in [1.165, 1.54) is 27.6 Å². The lowest BCUT2D eigenvalue weighted by Crippen LogP contribution is -2.52. The van der Waals surface area contributed by atoms with Gasteiger partial charge in [0.15, 0.2) is 0 Å². The second kappa shape index (κ2) is 7.87. The van der Waals surface area contributed by atoms with E-state index in [0.717, 1.165) is 4.90 Å². The summed E-state index contributed by atoms with van der Waals surface area (Å²) in [5.74, 6) is -1.30. The van der Waals surface area contributed by atoms with Crippen molar-refractivity contribution in [2.24, 2.45) is 0 Å². The van der Waals surface area contributed by atoms with Gasteiger partial charge in [0.2, 0.25) is 0 Å². The number of ether oxygens (including phenoxy) is 1. The number of amides is 1. The number of imidazole rings is 1. The van der Waals surface area contributed by atoms with Gasteiger partial charge in [-0.05, 0) is 38.1 Å². The first-order valence-corrected chi connectivity index (χ1v) is 10.8. The molecule has 2 aliphatic heterocycles. The first-order valence-electron chi connectivity index (χ1n) is 10.8. The number of rotatable bonds is 2. The highest BCUT2D eigenvalue weighted by Crippen LogP contribution is 2.48. The zero-order chi connectivity index (χ0) is 26.2. The van der Waals surface area contributed by atoms with Crippen LogP contribution >= 0.6 is 0 Å². The van der Waals surface area contributed by atoms with Crippen LogP contribution in [0.3, 0.4) is 0 Å². The van der Waals surface area contributed by atoms with Crippen molar-refractivity contribution in [3.63, 3.8) is 0 Å². The van der Waals surface area contributed by atoms with Gasteiger partial charge in [-0.25, -0.2) is 4.98 Å². The molecule has 0 fully saturated rings. The standard InChI is InChI=1S/C23H18F6N4O3/c1-11-7-31(10-30-11)15-3-4-16-21(35)33(12(2)8-32(16)20(15)34)17-9-36-18-6-13(22(24,25)26)5-14(19(17)18)23(27,28)29/h3-7,10,12,17H,8-9H2,1-2H3. The smallest absolute Gasteiger partial charge is 0.416 e. The number of halogens is 6. The second-order valence-electron chi connectivity index (χ2n) is 8.76. The van der Waals surface area contributed by atoms with Crippen molar-refractivity contribution in [3.8, 4) is 11.4 Å². The third-order valence-electron chi connectivity index (χ3n) is 6.36. The molecule has 0 saturated heterocycles. The van der Waals surface area contributed by atoms with Gasteiger partial charge in [0.1, 0.15) is 23.7 Å². The Morgan fingerprint density at radius 3 is 2.39 bits per heavy atom. The van der Waals surface area contributed by atoms with Crippen molar-refractivity contribution in [2.75, 3.05) is 6.61 Å². The predicted molar refractivity (Wildman–Crippen MR) is 113 cm³/mol. The predicted octanol–water partition coefficient (Wildman–Crippen LogP) is 4.36. The Labute approximate surface area is 199 Å². The van der Waals surface area contributed by atoms with E-state index in [-0.39, 0.29) is 24.0 Å². The zero-order valence-corrected chi connectivity index (χ0v) is 18.8. The number of aryl methyl sites for hydroxylation is 1. The molecule has 0 saturated carbocycles. The first kappa shape index (κ1) is 23.9. The molecule has 0 N–H and O–H groups in total. The van der Waals surface area contributed by atoms with Crippen LogP contribution in [0, 0.1) is 6.92 Å². The van der Waals surface area contributed by atoms with Crippen molar-refractivity contribution < 1.29 is 35.9 Å². The molecule has 13 heteroatoms. The third kappa shape index (κ3) is 3.73. The van der Waals surface area contributed by atoms with Crippen LogP contribution in [0.25, 0.3) is 5.69 Å². The number of pyridine rings is 1. The van der Waals surface area contributed by atoms with Crippen molar-refractivity contribution in [3.05, 3.63) is 75.2 Å². The van der Waals surface area contributed by atoms with Crippen molar-refractivity contribution in [1.29, 1.82) is 0 Å². The molecule has 1 amide bonds. The number of hydrogen-bond acceptors (Lipinski definition) is 4. The van der Waals surface area contributed by atoms with Crippen LogP contribution in [-0.4, -0.2) is 37.6 Å². The normalized spacial score (nSPS) is 19.8. The van der Waals surface area contributed by atoms with Crippen molar-refractivity contribution in [1.82, 2.24) is 19.0 Å². The lowest BCUT2D eigenvalue weighted by atomic mass is 9.95. The Morgan fingerprint density at radius 1 is 1.06 bits per heavy atom. The van der Waals surface area contributed by atoms with Crippen LogP contribution in [-0.2, 0) is 18.9 Å². The van der Waals surface area contributed by atoms with E-state index in [1.54, 1.807) is 20.0 Å². The average Bonchev–Trinajstić information content (AvgIpc) is 3.39. The molecule has 2 aliphatic rings. The van der Waals surface area contributed by atoms with Crippen LogP contribution in [0.15, 0.2) is 41.6 Å². The maximum Gasteiger partial charge on any atom is 0.416 e. The van der Waals surface area contributed by atoms with Crippen LogP contribution in [0.5, 0.6) is 5.75 Å². The van der Waals surface area contributed by atoms with E-state index < -0.39 is 64.9 Å². The molecule has 0 radical (unpaired) electrons. The summed E-state index contributed by atoms with van der Waals surface area (Å²) in [6, 6.07) is 1.31. The minimum atomic E-state index is -5.12. The Hall–Kier alpha value is -3.77. The molecule has 36 heavy (non-hydrogen) atoms. The monoisotopic (exact) mass is 512 g/mol. The molecule has 0 aliphatic carbocycles. The maximum atomic E-state index is 13.9. The van der Waals surface area contributed by atoms with E-state index in [1.807, 2.05) is 0 Å². The number of carbonyl (C=O) groups is 1. The summed E-state index contributed by atoms with van der Waals surface area (Å²) in [7, 11) is 0. The molecule has 0 spiro atoms. The highest BCUT2D eigenvalue weighted by Gasteiger charge is 2.47. The van der Waals surface area contributed by atoms with Gasteiger partial charge in [-0.2, -0.15) is 26.3 Å². The van der Waals surface area contributed by atoms with Gasteiger partial charge in [-0.1, -0.05) is 0 Å². The SMILES string of the molecule is Cc1cn(-c2ccc3n(c2=O)CC(C)N(C2COc4cc(C(F)(F)F)cc(C(F)(F)F)c42)C3=O)cn1. The molecule has 190 valence electrons. The molecular weight excluding hydrogens is 494 g/mol. The Bertz CT molecular complexity index is 1440. The quantitative estimate of drug-likeness (QED) is 0.479. The number of hydrogen-bond donors (Lipinski definition) is 0. The van der Waals surface area contributed by atoms with Gasteiger partial charge in [0.25, 0.3) is 11.5 Å². The molecular formula is C23H18F6N4O3. The van der Waals surface area contributed by atoms with Gasteiger partial charge in [-0.3, -0.25) is 9.59 Å². The molecule has 1 aromatic carbocycles. The van der Waals surface area contributed by atoms with E-state index in [4.69, 9.17) is 4.74 Å².